The second-order valence-corrected chi connectivity index (χ2v) is 10.8. The number of hydrogen-bond acceptors (Lipinski definition) is 5. The third-order valence-electron chi connectivity index (χ3n) is 6.26. The number of carbonyl (C=O) groups excluding carboxylic acids is 1. The first-order chi connectivity index (χ1) is 15.7. The fraction of sp³-hybridized carbons (Fsp3) is 0.320. The van der Waals surface area contributed by atoms with Crippen molar-refractivity contribution in [1.29, 1.82) is 0 Å². The summed E-state index contributed by atoms with van der Waals surface area (Å²) in [4.78, 5) is 15.3. The third-order valence-corrected chi connectivity index (χ3v) is 7.74. The summed E-state index contributed by atoms with van der Waals surface area (Å²) in [6.45, 7) is 5.52. The topological polar surface area (TPSA) is 97.5 Å². The van der Waals surface area contributed by atoms with Gasteiger partial charge >= 0.3 is 0 Å². The Balaban J connectivity index is 1.62. The maximum Gasteiger partial charge on any atom is 0.240 e. The lowest BCUT2D eigenvalue weighted by atomic mass is 9.81. The van der Waals surface area contributed by atoms with Gasteiger partial charge in [0.25, 0.3) is 0 Å². The number of ether oxygens (including phenoxy) is 2. The number of H-pyrrole nitrogens is 1. The monoisotopic (exact) mass is 466 g/mol. The van der Waals surface area contributed by atoms with Crippen LogP contribution in [-0.2, 0) is 19.5 Å². The van der Waals surface area contributed by atoms with Crippen molar-refractivity contribution in [2.24, 2.45) is 0 Å². The third kappa shape index (κ3) is 3.93. The van der Waals surface area contributed by atoms with Gasteiger partial charge in [-0.2, -0.15) is 0 Å². The van der Waals surface area contributed by atoms with Gasteiger partial charge in [-0.3, -0.25) is 4.79 Å². The number of carbonyl (C=O) groups is 1. The van der Waals surface area contributed by atoms with Crippen molar-refractivity contribution < 1.29 is 22.7 Å². The molecule has 4 atom stereocenters. The van der Waals surface area contributed by atoms with Crippen LogP contribution in [0, 0.1) is 6.92 Å². The lowest BCUT2D eigenvalue weighted by Crippen LogP contribution is -2.52. The van der Waals surface area contributed by atoms with Gasteiger partial charge in [0.05, 0.1) is 16.6 Å². The maximum atomic E-state index is 13.4. The van der Waals surface area contributed by atoms with Gasteiger partial charge in [0.15, 0.2) is 12.1 Å². The van der Waals surface area contributed by atoms with E-state index < -0.39 is 40.0 Å². The number of hydrogen-bond donors (Lipinski definition) is 2. The number of rotatable bonds is 5. The molecule has 0 saturated carbocycles. The molecule has 2 aromatic carbocycles. The van der Waals surface area contributed by atoms with E-state index in [9.17, 15) is 13.2 Å². The second-order valence-electron chi connectivity index (χ2n) is 9.05. The van der Waals surface area contributed by atoms with E-state index in [4.69, 9.17) is 9.47 Å². The first-order valence-electron chi connectivity index (χ1n) is 10.9. The lowest BCUT2D eigenvalue weighted by molar-refractivity contribution is -0.144. The molecular formula is C25H26N2O5S. The molecule has 5 rings (SSSR count). The van der Waals surface area contributed by atoms with E-state index in [1.807, 2.05) is 57.2 Å². The summed E-state index contributed by atoms with van der Waals surface area (Å²) in [7, 11) is -3.87. The Kier molecular flexibility index (Phi) is 5.29. The number of aryl methyl sites for hydroxylation is 1. The quantitative estimate of drug-likeness (QED) is 0.440. The number of aromatic amines is 1. The predicted octanol–water partition coefficient (Wildman–Crippen LogP) is 3.81. The van der Waals surface area contributed by atoms with Crippen molar-refractivity contribution in [2.75, 3.05) is 0 Å². The standard InChI is InChI=1S/C25H26N2O5S/c1-15-8-10-16(11-9-15)33(29,30)27-23-18(12-13-21-24(23)32-25(2,3)31-21)22-17-6-4-5-7-19(17)26-20(22)14-28/h4-14,18,21,23-24,26-27H,1-3H3/t18-,21-,23-,24-/m1/s1. The Morgan fingerprint density at radius 3 is 2.48 bits per heavy atom. The molecule has 1 aliphatic carbocycles. The van der Waals surface area contributed by atoms with Gasteiger partial charge in [-0.1, -0.05) is 48.0 Å². The Hall–Kier alpha value is -2.78. The molecule has 2 heterocycles. The van der Waals surface area contributed by atoms with Crippen molar-refractivity contribution in [3.63, 3.8) is 0 Å². The van der Waals surface area contributed by atoms with E-state index in [1.54, 1.807) is 24.3 Å². The summed E-state index contributed by atoms with van der Waals surface area (Å²) in [6.07, 6.45) is 3.61. The minimum absolute atomic E-state index is 0.172. The normalized spacial score (nSPS) is 26.4. The molecule has 2 N–H and O–H groups in total. The molecule has 1 saturated heterocycles. The molecule has 0 bridgehead atoms. The highest BCUT2D eigenvalue weighted by Gasteiger charge is 2.50. The molecule has 0 amide bonds. The van der Waals surface area contributed by atoms with E-state index in [-0.39, 0.29) is 4.90 Å². The number of benzene rings is 2. The van der Waals surface area contributed by atoms with Gasteiger partial charge in [0.1, 0.15) is 12.2 Å². The first kappa shape index (κ1) is 22.0. The summed E-state index contributed by atoms with van der Waals surface area (Å²) in [5.74, 6) is -1.31. The van der Waals surface area contributed by atoms with Crippen LogP contribution in [-0.4, -0.2) is 43.7 Å². The zero-order valence-electron chi connectivity index (χ0n) is 18.6. The lowest BCUT2D eigenvalue weighted by Gasteiger charge is -2.35. The summed E-state index contributed by atoms with van der Waals surface area (Å²) >= 11 is 0. The number of para-hydroxylation sites is 1. The Labute approximate surface area is 192 Å². The smallest absolute Gasteiger partial charge is 0.240 e. The molecule has 0 unspecified atom stereocenters. The van der Waals surface area contributed by atoms with Crippen molar-refractivity contribution >= 4 is 27.2 Å². The highest BCUT2D eigenvalue weighted by atomic mass is 32.2. The van der Waals surface area contributed by atoms with Crippen LogP contribution in [0.25, 0.3) is 10.9 Å². The van der Waals surface area contributed by atoms with Crippen LogP contribution in [0.1, 0.15) is 41.4 Å². The predicted molar refractivity (Wildman–Crippen MR) is 125 cm³/mol. The van der Waals surface area contributed by atoms with Gasteiger partial charge in [0.2, 0.25) is 10.0 Å². The van der Waals surface area contributed by atoms with Gasteiger partial charge in [-0.25, -0.2) is 13.1 Å². The average Bonchev–Trinajstić information content (AvgIpc) is 3.30. The number of sulfonamides is 1. The van der Waals surface area contributed by atoms with E-state index in [0.29, 0.717) is 5.69 Å². The molecule has 33 heavy (non-hydrogen) atoms. The zero-order chi connectivity index (χ0) is 23.4. The van der Waals surface area contributed by atoms with Gasteiger partial charge in [0, 0.05) is 16.8 Å². The molecule has 0 radical (unpaired) electrons. The number of aromatic nitrogens is 1. The highest BCUT2D eigenvalue weighted by molar-refractivity contribution is 7.89. The van der Waals surface area contributed by atoms with Crippen LogP contribution >= 0.6 is 0 Å². The van der Waals surface area contributed by atoms with Crippen LogP contribution in [0.2, 0.25) is 0 Å². The molecule has 7 nitrogen and oxygen atoms in total. The summed E-state index contributed by atoms with van der Waals surface area (Å²) in [5.41, 5.74) is 2.94. The second kappa shape index (κ2) is 7.92. The Morgan fingerprint density at radius 2 is 1.76 bits per heavy atom. The van der Waals surface area contributed by atoms with Gasteiger partial charge < -0.3 is 14.5 Å². The molecule has 1 fully saturated rings. The van der Waals surface area contributed by atoms with E-state index in [2.05, 4.69) is 9.71 Å². The highest BCUT2D eigenvalue weighted by Crippen LogP contribution is 2.42. The number of aldehydes is 1. The fourth-order valence-electron chi connectivity index (χ4n) is 4.81. The summed E-state index contributed by atoms with van der Waals surface area (Å²) in [6, 6.07) is 13.6. The van der Waals surface area contributed by atoms with E-state index >= 15 is 0 Å². The van der Waals surface area contributed by atoms with E-state index in [1.165, 1.54) is 0 Å². The van der Waals surface area contributed by atoms with Crippen LogP contribution in [0.5, 0.6) is 0 Å². The van der Waals surface area contributed by atoms with Gasteiger partial charge in [-0.05, 0) is 44.5 Å². The minimum Gasteiger partial charge on any atom is -0.352 e. The molecule has 1 aromatic heterocycles. The summed E-state index contributed by atoms with van der Waals surface area (Å²) < 4.78 is 41.8. The van der Waals surface area contributed by atoms with Crippen LogP contribution in [0.4, 0.5) is 0 Å². The first-order valence-corrected chi connectivity index (χ1v) is 12.4. The molecular weight excluding hydrogens is 440 g/mol. The average molecular weight is 467 g/mol. The Bertz CT molecular complexity index is 1340. The summed E-state index contributed by atoms with van der Waals surface area (Å²) in [5, 5.41) is 0.866. The fourth-order valence-corrected chi connectivity index (χ4v) is 6.08. The molecule has 0 spiro atoms. The SMILES string of the molecule is Cc1ccc(S(=O)(=O)N[C@H]2[C@@H]3OC(C)(C)O[C@@H]3C=C[C@@H]2c2c(C=O)[nH]c3ccccc23)cc1. The number of fused-ring (bicyclic) bond motifs is 2. The number of nitrogens with one attached hydrogen (secondary N) is 2. The zero-order valence-corrected chi connectivity index (χ0v) is 19.4. The molecule has 8 heteroatoms. The van der Waals surface area contributed by atoms with Crippen LogP contribution < -0.4 is 4.72 Å². The van der Waals surface area contributed by atoms with E-state index in [0.717, 1.165) is 28.3 Å². The van der Waals surface area contributed by atoms with Crippen molar-refractivity contribution in [3.8, 4) is 0 Å². The Morgan fingerprint density at radius 1 is 1.03 bits per heavy atom. The molecule has 3 aromatic rings. The van der Waals surface area contributed by atoms with Crippen LogP contribution in [0.3, 0.4) is 0 Å². The molecule has 172 valence electrons. The maximum absolute atomic E-state index is 13.4. The largest absolute Gasteiger partial charge is 0.352 e. The minimum atomic E-state index is -3.87. The molecule has 2 aliphatic rings. The van der Waals surface area contributed by atoms with Crippen molar-refractivity contribution in [2.45, 2.75) is 55.6 Å². The van der Waals surface area contributed by atoms with Crippen molar-refractivity contribution in [1.82, 2.24) is 9.71 Å². The van der Waals surface area contributed by atoms with Gasteiger partial charge in [-0.15, -0.1) is 0 Å². The van der Waals surface area contributed by atoms with Crippen LogP contribution in [0.15, 0.2) is 65.6 Å². The molecule has 1 aliphatic heterocycles. The van der Waals surface area contributed by atoms with Crippen molar-refractivity contribution in [3.05, 3.63) is 77.5 Å².